The number of fused-ring (bicyclic) bond motifs is 1. The summed E-state index contributed by atoms with van der Waals surface area (Å²) in [5.74, 6) is -1.31. The Hall–Kier alpha value is -6.47. The molecule has 3 aliphatic heterocycles. The lowest BCUT2D eigenvalue weighted by Gasteiger charge is -2.46. The molecule has 1 N–H and O–H groups in total. The second-order valence-corrected chi connectivity index (χ2v) is 21.9. The van der Waals surface area contributed by atoms with Crippen molar-refractivity contribution in [3.63, 3.8) is 0 Å². The normalized spacial score (nSPS) is 23.8. The molecule has 0 bridgehead atoms. The van der Waals surface area contributed by atoms with Crippen molar-refractivity contribution in [3.8, 4) is 0 Å². The van der Waals surface area contributed by atoms with Crippen LogP contribution in [0.25, 0.3) is 0 Å². The van der Waals surface area contributed by atoms with Gasteiger partial charge in [0, 0.05) is 4.90 Å². The van der Waals surface area contributed by atoms with Crippen molar-refractivity contribution in [2.75, 3.05) is 19.0 Å². The van der Waals surface area contributed by atoms with E-state index in [-0.39, 0.29) is 56.3 Å². The molecule has 3 aliphatic rings. The Kier molecular flexibility index (Phi) is 19.5. The number of benzene rings is 7. The summed E-state index contributed by atoms with van der Waals surface area (Å²) in [6, 6.07) is 60.9. The average Bonchev–Trinajstić information content (AvgIpc) is 4.04. The first-order valence-corrected chi connectivity index (χ1v) is 28.5. The van der Waals surface area contributed by atoms with E-state index in [1.807, 2.05) is 152 Å². The number of hydrogen-bond donors (Lipinski definition) is 1. The number of rotatable bonds is 24. The van der Waals surface area contributed by atoms with Crippen LogP contribution in [0.15, 0.2) is 205 Å². The van der Waals surface area contributed by atoms with Gasteiger partial charge in [-0.1, -0.05) is 189 Å². The average molecular weight is 1100 g/mol. The number of thioether (sulfide) groups is 2. The van der Waals surface area contributed by atoms with Gasteiger partial charge in [0.05, 0.1) is 62.9 Å². The number of aliphatic hydroxyl groups is 1. The van der Waals surface area contributed by atoms with Crippen molar-refractivity contribution in [2.24, 2.45) is 0 Å². The van der Waals surface area contributed by atoms with Gasteiger partial charge in [-0.05, 0) is 63.9 Å². The fourth-order valence-electron chi connectivity index (χ4n) is 10.0. The van der Waals surface area contributed by atoms with Gasteiger partial charge in [0.15, 0.2) is 6.10 Å². The number of ether oxygens (including phenoxy) is 8. The summed E-state index contributed by atoms with van der Waals surface area (Å²) < 4.78 is 53.5. The Morgan fingerprint density at radius 1 is 0.506 bits per heavy atom. The minimum Gasteiger partial charge on any atom is -0.454 e. The van der Waals surface area contributed by atoms with Crippen molar-refractivity contribution >= 4 is 41.3 Å². The molecule has 10 atom stereocenters. The summed E-state index contributed by atoms with van der Waals surface area (Å²) in [7, 11) is 0. The van der Waals surface area contributed by atoms with Gasteiger partial charge in [0.2, 0.25) is 0 Å². The van der Waals surface area contributed by atoms with Crippen LogP contribution in [0.3, 0.4) is 0 Å². The maximum absolute atomic E-state index is 15.1. The Bertz CT molecular complexity index is 3020. The SMILES string of the molecule is CCS[C@@H]1O[C@H](COCc2ccccc2)[C@@H](OCc2ccccc2)[C@H](OCc2ccccc2)[C@H]1OCc1ccccc1C(=O)O[C@H]1[C@H](O)[C@@H](COCc2ccccc2)O[C@@H](Sc2ccccc2)[C@@H]1N1C(=O)c2ccccc2C1=O. The quantitative estimate of drug-likeness (QED) is 0.0452. The zero-order valence-corrected chi connectivity index (χ0v) is 45.3. The fraction of sp³-hybridized carbons (Fsp3) is 0.297. The van der Waals surface area contributed by atoms with E-state index in [2.05, 4.69) is 6.92 Å². The molecule has 7 aromatic carbocycles. The molecule has 79 heavy (non-hydrogen) atoms. The van der Waals surface area contributed by atoms with Crippen molar-refractivity contribution in [2.45, 2.75) is 104 Å². The van der Waals surface area contributed by atoms with Crippen molar-refractivity contribution < 1.29 is 57.4 Å². The highest BCUT2D eigenvalue weighted by Gasteiger charge is 2.56. The topological polar surface area (TPSA) is 149 Å². The van der Waals surface area contributed by atoms with Crippen LogP contribution in [0.2, 0.25) is 0 Å². The number of nitrogens with zero attached hydrogens (tertiary/aromatic N) is 1. The molecule has 15 heteroatoms. The Morgan fingerprint density at radius 2 is 0.962 bits per heavy atom. The van der Waals surface area contributed by atoms with Gasteiger partial charge in [0.25, 0.3) is 11.8 Å². The second kappa shape index (κ2) is 27.6. The molecule has 0 spiro atoms. The van der Waals surface area contributed by atoms with E-state index < -0.39 is 77.4 Å². The first-order chi connectivity index (χ1) is 38.8. The third kappa shape index (κ3) is 13.9. The summed E-state index contributed by atoms with van der Waals surface area (Å²) in [4.78, 5) is 45.8. The van der Waals surface area contributed by atoms with Crippen molar-refractivity contribution in [1.82, 2.24) is 4.90 Å². The molecule has 3 heterocycles. The van der Waals surface area contributed by atoms with Crippen molar-refractivity contribution in [1.29, 1.82) is 0 Å². The molecule has 2 fully saturated rings. The van der Waals surface area contributed by atoms with E-state index in [1.165, 1.54) is 11.8 Å². The standard InChI is InChI=1S/C64H63NO12S2/c1-2-78-64-59(58(73-39-46-28-14-6-15-29-46)56(72-38-45-26-12-5-13-27-45)53(76-64)42-71-37-44-24-10-4-11-25-44)74-40-47-30-18-19-33-49(47)62(69)77-57-54(65-60(67)50-34-20-21-35-51(50)61(65)68)63(79-48-31-16-7-17-32-48)75-52(55(57)66)41-70-36-43-22-8-3-9-23-43/h3-35,52-59,63-64,66H,2,36-42H2,1H3/t52-,53-,54-,55-,56-,57-,58+,59-,63+,64+/m1/s1. The Morgan fingerprint density at radius 3 is 1.52 bits per heavy atom. The molecule has 0 saturated carbocycles. The molecule has 0 aliphatic carbocycles. The fourth-order valence-corrected chi connectivity index (χ4v) is 12.2. The van der Waals surface area contributed by atoms with E-state index in [0.717, 1.165) is 32.0 Å². The number of amides is 2. The molecule has 2 amide bonds. The number of imide groups is 1. The number of hydrogen-bond acceptors (Lipinski definition) is 14. The molecule has 0 unspecified atom stereocenters. The molecule has 0 radical (unpaired) electrons. The number of carbonyl (C=O) groups excluding carboxylic acids is 3. The lowest BCUT2D eigenvalue weighted by Crippen LogP contribution is -2.65. The van der Waals surface area contributed by atoms with Gasteiger partial charge in [-0.2, -0.15) is 0 Å². The minimum absolute atomic E-state index is 0.0908. The number of esters is 1. The van der Waals surface area contributed by atoms with Gasteiger partial charge < -0.3 is 43.0 Å². The smallest absolute Gasteiger partial charge is 0.338 e. The largest absolute Gasteiger partial charge is 0.454 e. The maximum Gasteiger partial charge on any atom is 0.338 e. The number of aliphatic hydroxyl groups excluding tert-OH is 1. The van der Waals surface area contributed by atoms with E-state index in [1.54, 1.807) is 60.3 Å². The Labute approximate surface area is 469 Å². The van der Waals surface area contributed by atoms with Crippen LogP contribution in [0.5, 0.6) is 0 Å². The van der Waals surface area contributed by atoms with Gasteiger partial charge in [-0.3, -0.25) is 14.5 Å². The summed E-state index contributed by atoms with van der Waals surface area (Å²) >= 11 is 2.83. The third-order valence-electron chi connectivity index (χ3n) is 14.0. The first kappa shape index (κ1) is 55.8. The highest BCUT2D eigenvalue weighted by molar-refractivity contribution is 8.00. The second-order valence-electron chi connectivity index (χ2n) is 19.3. The number of carbonyl (C=O) groups is 3. The van der Waals surface area contributed by atoms with Gasteiger partial charge >= 0.3 is 5.97 Å². The molecule has 0 aromatic heterocycles. The van der Waals surface area contributed by atoms with Crippen LogP contribution in [0, 0.1) is 0 Å². The van der Waals surface area contributed by atoms with Gasteiger partial charge in [-0.25, -0.2) is 4.79 Å². The third-order valence-corrected chi connectivity index (χ3v) is 16.2. The lowest BCUT2D eigenvalue weighted by atomic mass is 9.96. The summed E-state index contributed by atoms with van der Waals surface area (Å²) in [5, 5.41) is 12.5. The maximum atomic E-state index is 15.1. The molecular formula is C64H63NO12S2. The molecule has 13 nitrogen and oxygen atoms in total. The zero-order chi connectivity index (χ0) is 54.3. The van der Waals surface area contributed by atoms with E-state index in [9.17, 15) is 14.7 Å². The van der Waals surface area contributed by atoms with E-state index in [4.69, 9.17) is 37.9 Å². The highest BCUT2D eigenvalue weighted by atomic mass is 32.2. The summed E-state index contributed by atoms with van der Waals surface area (Å²) in [6.45, 7) is 3.19. The van der Waals surface area contributed by atoms with Crippen LogP contribution in [0.1, 0.15) is 65.8 Å². The predicted molar refractivity (Wildman–Crippen MR) is 301 cm³/mol. The Balaban J connectivity index is 0.951. The first-order valence-electron chi connectivity index (χ1n) is 26.6. The molecule has 408 valence electrons. The molecular weight excluding hydrogens is 1040 g/mol. The van der Waals surface area contributed by atoms with Crippen LogP contribution >= 0.6 is 23.5 Å². The molecule has 10 rings (SSSR count). The predicted octanol–water partition coefficient (Wildman–Crippen LogP) is 10.7. The molecule has 2 saturated heterocycles. The van der Waals surface area contributed by atoms with Crippen molar-refractivity contribution in [3.05, 3.63) is 245 Å². The van der Waals surface area contributed by atoms with Crippen LogP contribution in [0.4, 0.5) is 0 Å². The summed E-state index contributed by atoms with van der Waals surface area (Å²) in [6.07, 6.45) is -6.74. The van der Waals surface area contributed by atoms with Crippen LogP contribution < -0.4 is 0 Å². The van der Waals surface area contributed by atoms with Gasteiger partial charge in [-0.15, -0.1) is 11.8 Å². The van der Waals surface area contributed by atoms with E-state index in [0.29, 0.717) is 17.9 Å². The highest BCUT2D eigenvalue weighted by Crippen LogP contribution is 2.41. The summed E-state index contributed by atoms with van der Waals surface area (Å²) in [5.41, 5.74) is 3.31. The van der Waals surface area contributed by atoms with Gasteiger partial charge in [0.1, 0.15) is 53.5 Å². The minimum atomic E-state index is -1.56. The van der Waals surface area contributed by atoms with Crippen LogP contribution in [-0.2, 0) is 70.9 Å². The lowest BCUT2D eigenvalue weighted by molar-refractivity contribution is -0.254. The van der Waals surface area contributed by atoms with Crippen LogP contribution in [-0.4, -0.2) is 106 Å². The monoisotopic (exact) mass is 1100 g/mol. The van der Waals surface area contributed by atoms with E-state index >= 15 is 4.79 Å². The zero-order valence-electron chi connectivity index (χ0n) is 43.7. The molecule has 7 aromatic rings.